The summed E-state index contributed by atoms with van der Waals surface area (Å²) in [5.74, 6) is -0.870. The standard InChI is InChI=1S/C17H18N2O4S2/c1-3-23-14(20)10-18-17(24)19-15-12(16(21)22-2)9-13(25-15)11-7-5-4-6-8-11/h4-9H,3,10H2,1-2H3,(H2,18,19,24). The maximum absolute atomic E-state index is 12.0. The van der Waals surface area contributed by atoms with Crippen LogP contribution in [0.1, 0.15) is 17.3 Å². The number of hydrogen-bond donors (Lipinski definition) is 2. The Kier molecular flexibility index (Phi) is 6.91. The van der Waals surface area contributed by atoms with Crippen molar-refractivity contribution in [1.29, 1.82) is 0 Å². The average Bonchev–Trinajstić information content (AvgIpc) is 3.04. The molecule has 1 heterocycles. The van der Waals surface area contributed by atoms with E-state index in [2.05, 4.69) is 10.6 Å². The van der Waals surface area contributed by atoms with Crippen molar-refractivity contribution < 1.29 is 19.1 Å². The number of thiocarbonyl (C=S) groups is 1. The molecule has 0 spiro atoms. The van der Waals surface area contributed by atoms with Crippen LogP contribution in [0.25, 0.3) is 10.4 Å². The van der Waals surface area contributed by atoms with Gasteiger partial charge in [-0.3, -0.25) is 4.79 Å². The molecule has 0 unspecified atom stereocenters. The number of nitrogens with one attached hydrogen (secondary N) is 2. The van der Waals surface area contributed by atoms with Crippen LogP contribution in [0.15, 0.2) is 36.4 Å². The minimum absolute atomic E-state index is 0.0514. The van der Waals surface area contributed by atoms with Crippen LogP contribution in [0.5, 0.6) is 0 Å². The Morgan fingerprint density at radius 3 is 2.60 bits per heavy atom. The average molecular weight is 378 g/mol. The molecule has 0 amide bonds. The van der Waals surface area contributed by atoms with E-state index in [0.29, 0.717) is 17.2 Å². The van der Waals surface area contributed by atoms with Crippen LogP contribution < -0.4 is 10.6 Å². The number of ether oxygens (including phenoxy) is 2. The monoisotopic (exact) mass is 378 g/mol. The normalized spacial score (nSPS) is 10.0. The van der Waals surface area contributed by atoms with Gasteiger partial charge in [-0.15, -0.1) is 11.3 Å². The number of anilines is 1. The molecule has 0 aliphatic rings. The Balaban J connectivity index is 2.15. The number of rotatable bonds is 6. The van der Waals surface area contributed by atoms with E-state index >= 15 is 0 Å². The lowest BCUT2D eigenvalue weighted by Crippen LogP contribution is -2.34. The van der Waals surface area contributed by atoms with E-state index in [1.165, 1.54) is 18.4 Å². The second-order valence-corrected chi connectivity index (χ2v) is 6.28. The maximum Gasteiger partial charge on any atom is 0.340 e. The molecule has 0 saturated heterocycles. The Labute approximate surface area is 155 Å². The summed E-state index contributed by atoms with van der Waals surface area (Å²) in [6.45, 7) is 1.98. The van der Waals surface area contributed by atoms with Gasteiger partial charge in [0.1, 0.15) is 11.5 Å². The molecule has 2 aromatic rings. The fourth-order valence-corrected chi connectivity index (χ4v) is 3.30. The molecular weight excluding hydrogens is 360 g/mol. The third-order valence-corrected chi connectivity index (χ3v) is 4.47. The number of hydrogen-bond acceptors (Lipinski definition) is 6. The van der Waals surface area contributed by atoms with Crippen molar-refractivity contribution in [3.8, 4) is 10.4 Å². The number of benzene rings is 1. The van der Waals surface area contributed by atoms with Gasteiger partial charge in [0.15, 0.2) is 5.11 Å². The van der Waals surface area contributed by atoms with Gasteiger partial charge < -0.3 is 20.1 Å². The van der Waals surface area contributed by atoms with E-state index in [1.807, 2.05) is 30.3 Å². The molecule has 0 fully saturated rings. The van der Waals surface area contributed by atoms with Crippen molar-refractivity contribution in [2.45, 2.75) is 6.92 Å². The van der Waals surface area contributed by atoms with Crippen molar-refractivity contribution >= 4 is 45.6 Å². The Morgan fingerprint density at radius 1 is 1.24 bits per heavy atom. The highest BCUT2D eigenvalue weighted by molar-refractivity contribution is 7.80. The van der Waals surface area contributed by atoms with Gasteiger partial charge in [-0.2, -0.15) is 0 Å². The first kappa shape index (κ1) is 18.9. The number of carbonyl (C=O) groups excluding carboxylic acids is 2. The first-order valence-electron chi connectivity index (χ1n) is 7.53. The minimum atomic E-state index is -0.464. The quantitative estimate of drug-likeness (QED) is 0.591. The van der Waals surface area contributed by atoms with Gasteiger partial charge in [0, 0.05) is 4.88 Å². The van der Waals surface area contributed by atoms with Crippen molar-refractivity contribution in [1.82, 2.24) is 5.32 Å². The van der Waals surface area contributed by atoms with Gasteiger partial charge in [0.05, 0.1) is 19.3 Å². The zero-order valence-electron chi connectivity index (χ0n) is 13.8. The third kappa shape index (κ3) is 5.27. The predicted molar refractivity (Wildman–Crippen MR) is 102 cm³/mol. The second-order valence-electron chi connectivity index (χ2n) is 4.82. The molecule has 132 valence electrons. The molecule has 2 rings (SSSR count). The summed E-state index contributed by atoms with van der Waals surface area (Å²) in [6.07, 6.45) is 0. The molecule has 0 bridgehead atoms. The number of carbonyl (C=O) groups is 2. The summed E-state index contributed by atoms with van der Waals surface area (Å²) in [5.41, 5.74) is 1.36. The highest BCUT2D eigenvalue weighted by Gasteiger charge is 2.18. The van der Waals surface area contributed by atoms with Crippen molar-refractivity contribution in [2.24, 2.45) is 0 Å². The topological polar surface area (TPSA) is 76.7 Å². The first-order valence-corrected chi connectivity index (χ1v) is 8.75. The van der Waals surface area contributed by atoms with Crippen molar-refractivity contribution in [2.75, 3.05) is 25.6 Å². The lowest BCUT2D eigenvalue weighted by molar-refractivity contribution is -0.141. The number of esters is 2. The van der Waals surface area contributed by atoms with Gasteiger partial charge in [-0.1, -0.05) is 30.3 Å². The highest BCUT2D eigenvalue weighted by atomic mass is 32.1. The minimum Gasteiger partial charge on any atom is -0.465 e. The van der Waals surface area contributed by atoms with Gasteiger partial charge in [-0.25, -0.2) is 4.79 Å². The second kappa shape index (κ2) is 9.14. The van der Waals surface area contributed by atoms with Crippen molar-refractivity contribution in [3.63, 3.8) is 0 Å². The molecule has 0 saturated carbocycles. The molecule has 8 heteroatoms. The summed E-state index contributed by atoms with van der Waals surface area (Å²) < 4.78 is 9.65. The Hall–Kier alpha value is -2.45. The SMILES string of the molecule is CCOC(=O)CNC(=S)Nc1sc(-c2ccccc2)cc1C(=O)OC. The van der Waals surface area contributed by atoms with Gasteiger partial charge >= 0.3 is 11.9 Å². The van der Waals surface area contributed by atoms with E-state index in [0.717, 1.165) is 10.4 Å². The molecule has 1 aromatic heterocycles. The lowest BCUT2D eigenvalue weighted by atomic mass is 10.1. The Morgan fingerprint density at radius 2 is 1.96 bits per heavy atom. The number of methoxy groups -OCH3 is 1. The molecule has 0 atom stereocenters. The smallest absolute Gasteiger partial charge is 0.340 e. The maximum atomic E-state index is 12.0. The largest absolute Gasteiger partial charge is 0.465 e. The molecule has 0 aliphatic carbocycles. The summed E-state index contributed by atoms with van der Waals surface area (Å²) in [4.78, 5) is 24.3. The zero-order chi connectivity index (χ0) is 18.2. The van der Waals surface area contributed by atoms with Crippen LogP contribution in [0, 0.1) is 0 Å². The lowest BCUT2D eigenvalue weighted by Gasteiger charge is -2.09. The first-order chi connectivity index (χ1) is 12.0. The van der Waals surface area contributed by atoms with E-state index in [1.54, 1.807) is 13.0 Å². The van der Waals surface area contributed by atoms with Gasteiger partial charge in [0.2, 0.25) is 0 Å². The molecule has 6 nitrogen and oxygen atoms in total. The molecule has 1 aromatic carbocycles. The van der Waals surface area contributed by atoms with E-state index in [9.17, 15) is 9.59 Å². The number of thiophene rings is 1. The summed E-state index contributed by atoms with van der Waals surface area (Å²) >= 11 is 6.55. The molecule has 0 aliphatic heterocycles. The highest BCUT2D eigenvalue weighted by Crippen LogP contribution is 2.35. The fourth-order valence-electron chi connectivity index (χ4n) is 2.00. The molecular formula is C17H18N2O4S2. The van der Waals surface area contributed by atoms with Crippen LogP contribution in [-0.2, 0) is 14.3 Å². The van der Waals surface area contributed by atoms with Crippen LogP contribution in [-0.4, -0.2) is 37.3 Å². The zero-order valence-corrected chi connectivity index (χ0v) is 15.5. The van der Waals surface area contributed by atoms with E-state index in [-0.39, 0.29) is 11.7 Å². The molecule has 25 heavy (non-hydrogen) atoms. The summed E-state index contributed by atoms with van der Waals surface area (Å²) in [5, 5.41) is 6.46. The fraction of sp³-hybridized carbons (Fsp3) is 0.235. The van der Waals surface area contributed by atoms with Crippen LogP contribution in [0.2, 0.25) is 0 Å². The van der Waals surface area contributed by atoms with Gasteiger partial charge in [0.25, 0.3) is 0 Å². The summed E-state index contributed by atoms with van der Waals surface area (Å²) in [6, 6.07) is 11.4. The predicted octanol–water partition coefficient (Wildman–Crippen LogP) is 3.05. The molecule has 0 radical (unpaired) electrons. The Bertz CT molecular complexity index is 759. The summed E-state index contributed by atoms with van der Waals surface area (Å²) in [7, 11) is 1.32. The van der Waals surface area contributed by atoms with Crippen LogP contribution >= 0.6 is 23.6 Å². The van der Waals surface area contributed by atoms with Gasteiger partial charge in [-0.05, 0) is 30.8 Å². The van der Waals surface area contributed by atoms with Crippen LogP contribution in [0.4, 0.5) is 5.00 Å². The third-order valence-electron chi connectivity index (χ3n) is 3.12. The van der Waals surface area contributed by atoms with Crippen molar-refractivity contribution in [3.05, 3.63) is 42.0 Å². The molecule has 2 N–H and O–H groups in total. The van der Waals surface area contributed by atoms with E-state index in [4.69, 9.17) is 21.7 Å². The van der Waals surface area contributed by atoms with E-state index < -0.39 is 11.9 Å². The van der Waals surface area contributed by atoms with Crippen LogP contribution in [0.3, 0.4) is 0 Å².